The minimum Gasteiger partial charge on any atom is -0.357 e. The van der Waals surface area contributed by atoms with Crippen molar-refractivity contribution in [3.63, 3.8) is 0 Å². The van der Waals surface area contributed by atoms with E-state index in [1.807, 2.05) is 18.2 Å². The van der Waals surface area contributed by atoms with E-state index in [1.165, 1.54) is 23.1 Å². The fourth-order valence-corrected chi connectivity index (χ4v) is 3.76. The van der Waals surface area contributed by atoms with Crippen LogP contribution in [0.15, 0.2) is 51.0 Å². The minimum absolute atomic E-state index is 0.669. The minimum atomic E-state index is 0.669. The monoisotopic (exact) mass is 379 g/mol. The van der Waals surface area contributed by atoms with Crippen molar-refractivity contribution in [2.24, 2.45) is 0 Å². The maximum Gasteiger partial charge on any atom is 0.206 e. The van der Waals surface area contributed by atoms with Gasteiger partial charge in [0.05, 0.1) is 5.52 Å². The lowest BCUT2D eigenvalue weighted by atomic mass is 10.2. The van der Waals surface area contributed by atoms with Gasteiger partial charge in [0.25, 0.3) is 0 Å². The molecule has 0 saturated heterocycles. The van der Waals surface area contributed by atoms with Gasteiger partial charge in [-0.2, -0.15) is 0 Å². The van der Waals surface area contributed by atoms with E-state index in [2.05, 4.69) is 48.0 Å². The van der Waals surface area contributed by atoms with Crippen molar-refractivity contribution in [3.05, 3.63) is 41.7 Å². The van der Waals surface area contributed by atoms with Crippen LogP contribution in [0.25, 0.3) is 10.9 Å². The topological polar surface area (TPSA) is 63.6 Å². The molecule has 0 saturated carbocycles. The third kappa shape index (κ3) is 3.39. The number of hydrogen-bond acceptors (Lipinski definition) is 7. The second kappa shape index (κ2) is 6.50. The first-order chi connectivity index (χ1) is 10.3. The summed E-state index contributed by atoms with van der Waals surface area (Å²) in [5.74, 6) is 0. The van der Waals surface area contributed by atoms with Crippen molar-refractivity contribution in [2.75, 3.05) is 11.9 Å². The van der Waals surface area contributed by atoms with Crippen molar-refractivity contribution >= 4 is 55.1 Å². The second-order valence-electron chi connectivity index (χ2n) is 3.99. The van der Waals surface area contributed by atoms with Crippen LogP contribution in [0.3, 0.4) is 0 Å². The molecule has 2 heterocycles. The molecule has 5 nitrogen and oxygen atoms in total. The van der Waals surface area contributed by atoms with Crippen LogP contribution in [-0.2, 0) is 0 Å². The van der Waals surface area contributed by atoms with Gasteiger partial charge >= 0.3 is 0 Å². The first-order valence-electron chi connectivity index (χ1n) is 6.02. The number of nitrogens with one attached hydrogen (secondary N) is 1. The van der Waals surface area contributed by atoms with E-state index >= 15 is 0 Å². The average molecular weight is 380 g/mol. The van der Waals surface area contributed by atoms with Crippen LogP contribution < -0.4 is 5.32 Å². The molecule has 8 heteroatoms. The van der Waals surface area contributed by atoms with Crippen LogP contribution in [0, 0.1) is 0 Å². The van der Waals surface area contributed by atoms with Crippen molar-refractivity contribution in [3.8, 4) is 0 Å². The predicted molar refractivity (Wildman–Crippen MR) is 90.0 cm³/mol. The Bertz CT molecular complexity index is 789. The summed E-state index contributed by atoms with van der Waals surface area (Å²) in [6.07, 6.45) is 3.35. The Morgan fingerprint density at radius 1 is 1.33 bits per heavy atom. The van der Waals surface area contributed by atoms with Crippen molar-refractivity contribution in [2.45, 2.75) is 9.37 Å². The maximum atomic E-state index is 4.35. The summed E-state index contributed by atoms with van der Waals surface area (Å²) < 4.78 is 1.83. The van der Waals surface area contributed by atoms with E-state index in [4.69, 9.17) is 0 Å². The van der Waals surface area contributed by atoms with Crippen LogP contribution in [-0.4, -0.2) is 26.7 Å². The molecule has 0 fully saturated rings. The number of fused-ring (bicyclic) bond motifs is 1. The molecule has 0 aliphatic carbocycles. The second-order valence-corrected chi connectivity index (χ2v) is 7.11. The maximum absolute atomic E-state index is 4.35. The van der Waals surface area contributed by atoms with E-state index < -0.39 is 0 Å². The standard InChI is InChI=1S/C13H10BrN5S2/c1-2-5-15-12-18-19-13(21-12)20-11-9-6-8(14)3-4-10(9)16-7-17-11/h2-4,6-7H,1,5H2,(H,15,18). The number of benzene rings is 1. The molecule has 3 aromatic rings. The van der Waals surface area contributed by atoms with Gasteiger partial charge in [-0.05, 0) is 30.0 Å². The number of anilines is 1. The van der Waals surface area contributed by atoms with E-state index in [0.717, 1.165) is 29.9 Å². The predicted octanol–water partition coefficient (Wildman–Crippen LogP) is 3.99. The number of nitrogens with zero attached hydrogens (tertiary/aromatic N) is 4. The molecule has 0 aliphatic rings. The van der Waals surface area contributed by atoms with Crippen molar-refractivity contribution in [1.82, 2.24) is 20.2 Å². The first kappa shape index (κ1) is 14.4. The SMILES string of the molecule is C=CCNc1nnc(Sc2ncnc3ccc(Br)cc23)s1. The Balaban J connectivity index is 1.89. The van der Waals surface area contributed by atoms with Gasteiger partial charge < -0.3 is 5.32 Å². The molecule has 0 radical (unpaired) electrons. The lowest BCUT2D eigenvalue weighted by Crippen LogP contribution is -1.96. The average Bonchev–Trinajstić information content (AvgIpc) is 2.93. The first-order valence-corrected chi connectivity index (χ1v) is 8.45. The zero-order chi connectivity index (χ0) is 14.7. The van der Waals surface area contributed by atoms with Gasteiger partial charge in [-0.25, -0.2) is 9.97 Å². The molecule has 0 unspecified atom stereocenters. The van der Waals surface area contributed by atoms with Crippen LogP contribution in [0.5, 0.6) is 0 Å². The zero-order valence-electron chi connectivity index (χ0n) is 10.8. The quantitative estimate of drug-likeness (QED) is 0.533. The molecule has 0 aliphatic heterocycles. The third-order valence-corrected chi connectivity index (χ3v) is 4.99. The summed E-state index contributed by atoms with van der Waals surface area (Å²) in [7, 11) is 0. The summed E-state index contributed by atoms with van der Waals surface area (Å²) in [5, 5.41) is 14.0. The molecule has 1 N–H and O–H groups in total. The molecule has 0 atom stereocenters. The fraction of sp³-hybridized carbons (Fsp3) is 0.0769. The third-order valence-electron chi connectivity index (χ3n) is 2.55. The molecule has 2 aromatic heterocycles. The van der Waals surface area contributed by atoms with Gasteiger partial charge in [0.15, 0.2) is 4.34 Å². The van der Waals surface area contributed by atoms with E-state index in [0.29, 0.717) is 6.54 Å². The highest BCUT2D eigenvalue weighted by atomic mass is 79.9. The molecular formula is C13H10BrN5S2. The summed E-state index contributed by atoms with van der Waals surface area (Å²) in [6, 6.07) is 5.93. The lowest BCUT2D eigenvalue weighted by Gasteiger charge is -2.02. The number of halogens is 1. The Morgan fingerprint density at radius 3 is 3.10 bits per heavy atom. The normalized spacial score (nSPS) is 10.7. The van der Waals surface area contributed by atoms with Gasteiger partial charge in [0, 0.05) is 16.4 Å². The molecule has 3 rings (SSSR count). The zero-order valence-corrected chi connectivity index (χ0v) is 14.0. The van der Waals surface area contributed by atoms with Gasteiger partial charge in [0.1, 0.15) is 11.4 Å². The van der Waals surface area contributed by atoms with Gasteiger partial charge in [0.2, 0.25) is 5.13 Å². The van der Waals surface area contributed by atoms with Gasteiger partial charge in [-0.3, -0.25) is 0 Å². The lowest BCUT2D eigenvalue weighted by molar-refractivity contribution is 1.00. The van der Waals surface area contributed by atoms with Crippen LogP contribution in [0.1, 0.15) is 0 Å². The molecular weight excluding hydrogens is 370 g/mol. The van der Waals surface area contributed by atoms with Gasteiger partial charge in [-0.1, -0.05) is 33.3 Å². The number of rotatable bonds is 5. The van der Waals surface area contributed by atoms with E-state index in [-0.39, 0.29) is 0 Å². The van der Waals surface area contributed by atoms with Crippen LogP contribution >= 0.6 is 39.0 Å². The highest BCUT2D eigenvalue weighted by molar-refractivity contribution is 9.10. The van der Waals surface area contributed by atoms with Gasteiger partial charge in [-0.15, -0.1) is 16.8 Å². The highest BCUT2D eigenvalue weighted by Gasteiger charge is 2.10. The van der Waals surface area contributed by atoms with Crippen molar-refractivity contribution < 1.29 is 0 Å². The molecule has 0 bridgehead atoms. The summed E-state index contributed by atoms with van der Waals surface area (Å²) in [5.41, 5.74) is 0.908. The Hall–Kier alpha value is -1.51. The van der Waals surface area contributed by atoms with E-state index in [9.17, 15) is 0 Å². The largest absolute Gasteiger partial charge is 0.357 e. The molecule has 21 heavy (non-hydrogen) atoms. The summed E-state index contributed by atoms with van der Waals surface area (Å²) >= 11 is 6.45. The Morgan fingerprint density at radius 2 is 2.24 bits per heavy atom. The van der Waals surface area contributed by atoms with Crippen LogP contribution in [0.4, 0.5) is 5.13 Å². The Kier molecular flexibility index (Phi) is 4.47. The smallest absolute Gasteiger partial charge is 0.206 e. The van der Waals surface area contributed by atoms with Crippen LogP contribution in [0.2, 0.25) is 0 Å². The van der Waals surface area contributed by atoms with E-state index in [1.54, 1.807) is 12.4 Å². The molecule has 0 amide bonds. The highest BCUT2D eigenvalue weighted by Crippen LogP contribution is 2.34. The molecule has 106 valence electrons. The fourth-order valence-electron chi connectivity index (χ4n) is 1.65. The Labute approximate surface area is 138 Å². The molecule has 0 spiro atoms. The summed E-state index contributed by atoms with van der Waals surface area (Å²) in [4.78, 5) is 8.62. The van der Waals surface area contributed by atoms with Crippen molar-refractivity contribution in [1.29, 1.82) is 0 Å². The molecule has 1 aromatic carbocycles. The summed E-state index contributed by atoms with van der Waals surface area (Å²) in [6.45, 7) is 4.33. The number of aromatic nitrogens is 4. The number of hydrogen-bond donors (Lipinski definition) is 1.